The van der Waals surface area contributed by atoms with Crippen LogP contribution < -0.4 is 10.4 Å². The summed E-state index contributed by atoms with van der Waals surface area (Å²) in [5, 5.41) is 11.7. The van der Waals surface area contributed by atoms with E-state index >= 15 is 0 Å². The summed E-state index contributed by atoms with van der Waals surface area (Å²) in [6, 6.07) is 16.5. The third-order valence-electron chi connectivity index (χ3n) is 5.30. The minimum atomic E-state index is -0.561. The van der Waals surface area contributed by atoms with Crippen LogP contribution in [0.4, 0.5) is 5.69 Å². The largest absolute Gasteiger partial charge is 0.427 e. The summed E-state index contributed by atoms with van der Waals surface area (Å²) < 4.78 is 10.7. The summed E-state index contributed by atoms with van der Waals surface area (Å²) in [5.74, 6) is -0.240. The average Bonchev–Trinajstić information content (AvgIpc) is 2.74. The van der Waals surface area contributed by atoms with Crippen LogP contribution in [0, 0.1) is 24.0 Å². The molecule has 0 N–H and O–H groups in total. The Morgan fingerprint density at radius 1 is 0.906 bits per heavy atom. The Hall–Kier alpha value is -4.26. The van der Waals surface area contributed by atoms with Gasteiger partial charge in [-0.05, 0) is 60.4 Å². The summed E-state index contributed by atoms with van der Waals surface area (Å²) in [4.78, 5) is 35.1. The molecule has 0 amide bonds. The lowest BCUT2D eigenvalue weighted by atomic mass is 9.91. The number of rotatable bonds is 4. The molecule has 0 atom stereocenters. The number of hydrogen-bond donors (Lipinski definition) is 0. The lowest BCUT2D eigenvalue weighted by Crippen LogP contribution is -2.07. The highest BCUT2D eigenvalue weighted by atomic mass is 16.6. The molecule has 1 aromatic heterocycles. The molecule has 4 aromatic rings. The highest BCUT2D eigenvalue weighted by Crippen LogP contribution is 2.38. The van der Waals surface area contributed by atoms with Crippen molar-refractivity contribution < 1.29 is 18.9 Å². The van der Waals surface area contributed by atoms with Gasteiger partial charge in [0.15, 0.2) is 0 Å². The van der Waals surface area contributed by atoms with Crippen LogP contribution in [0.5, 0.6) is 5.75 Å². The van der Waals surface area contributed by atoms with Gasteiger partial charge in [0.25, 0.3) is 5.69 Å². The van der Waals surface area contributed by atoms with E-state index in [-0.39, 0.29) is 17.0 Å². The Kier molecular flexibility index (Phi) is 5.32. The number of nitro benzene ring substituents is 1. The first-order valence-electron chi connectivity index (χ1n) is 9.86. The van der Waals surface area contributed by atoms with E-state index in [0.29, 0.717) is 27.6 Å². The molecular formula is C25H19NO6. The molecule has 0 unspecified atom stereocenters. The van der Waals surface area contributed by atoms with Crippen molar-refractivity contribution in [3.05, 3.63) is 92.3 Å². The predicted octanol–water partition coefficient (Wildman–Crippen LogP) is 5.58. The fraction of sp³-hybridized carbons (Fsp3) is 0.120. The maximum absolute atomic E-state index is 13.2. The van der Waals surface area contributed by atoms with Gasteiger partial charge in [-0.15, -0.1) is 0 Å². The van der Waals surface area contributed by atoms with Crippen molar-refractivity contribution in [3.8, 4) is 28.0 Å². The van der Waals surface area contributed by atoms with Gasteiger partial charge in [-0.2, -0.15) is 0 Å². The van der Waals surface area contributed by atoms with Crippen LogP contribution in [0.2, 0.25) is 0 Å². The number of ether oxygens (including phenoxy) is 1. The maximum Gasteiger partial charge on any atom is 0.344 e. The van der Waals surface area contributed by atoms with Gasteiger partial charge in [0.1, 0.15) is 11.3 Å². The zero-order valence-corrected chi connectivity index (χ0v) is 17.7. The number of non-ortho nitro benzene ring substituents is 1. The molecule has 1 heterocycles. The third-order valence-corrected chi connectivity index (χ3v) is 5.30. The zero-order chi connectivity index (χ0) is 23.0. The lowest BCUT2D eigenvalue weighted by molar-refractivity contribution is -0.384. The standard InChI is InChI=1S/C25H19NO6/c1-14-4-5-18(12-15(14)2)24-23(17-6-8-19(9-7-17)26(29)30)21-11-10-20(31-16(3)27)13-22(21)32-25(24)28/h4-13H,1-3H3. The van der Waals surface area contributed by atoms with Gasteiger partial charge < -0.3 is 9.15 Å². The molecule has 7 heteroatoms. The smallest absolute Gasteiger partial charge is 0.344 e. The van der Waals surface area contributed by atoms with Crippen molar-refractivity contribution in [2.24, 2.45) is 0 Å². The summed E-state index contributed by atoms with van der Waals surface area (Å²) in [5.41, 5.74) is 3.99. The van der Waals surface area contributed by atoms with Crippen LogP contribution in [0.1, 0.15) is 18.1 Å². The number of carbonyl (C=O) groups excluding carboxylic acids is 1. The third kappa shape index (κ3) is 3.88. The van der Waals surface area contributed by atoms with E-state index < -0.39 is 16.5 Å². The number of carbonyl (C=O) groups is 1. The Morgan fingerprint density at radius 3 is 2.22 bits per heavy atom. The second-order valence-corrected chi connectivity index (χ2v) is 7.49. The Balaban J connectivity index is 2.05. The minimum Gasteiger partial charge on any atom is -0.427 e. The van der Waals surface area contributed by atoms with Crippen LogP contribution in [0.3, 0.4) is 0 Å². The molecule has 0 spiro atoms. The molecule has 0 fully saturated rings. The van der Waals surface area contributed by atoms with Crippen molar-refractivity contribution >= 4 is 22.6 Å². The molecule has 7 nitrogen and oxygen atoms in total. The fourth-order valence-electron chi connectivity index (χ4n) is 3.62. The topological polar surface area (TPSA) is 99.6 Å². The molecule has 0 bridgehead atoms. The van der Waals surface area contributed by atoms with Crippen molar-refractivity contribution in [2.75, 3.05) is 0 Å². The Labute approximate surface area is 183 Å². The fourth-order valence-corrected chi connectivity index (χ4v) is 3.62. The summed E-state index contributed by atoms with van der Waals surface area (Å²) in [7, 11) is 0. The quantitative estimate of drug-likeness (QED) is 0.138. The molecule has 32 heavy (non-hydrogen) atoms. The van der Waals surface area contributed by atoms with Crippen molar-refractivity contribution in [2.45, 2.75) is 20.8 Å². The van der Waals surface area contributed by atoms with Crippen molar-refractivity contribution in [1.82, 2.24) is 0 Å². The lowest BCUT2D eigenvalue weighted by Gasteiger charge is -2.14. The number of nitro groups is 1. The van der Waals surface area contributed by atoms with Crippen LogP contribution >= 0.6 is 0 Å². The maximum atomic E-state index is 13.2. The molecule has 0 saturated carbocycles. The van der Waals surface area contributed by atoms with E-state index in [0.717, 1.165) is 11.1 Å². The summed E-state index contributed by atoms with van der Waals surface area (Å²) in [6.45, 7) is 5.22. The van der Waals surface area contributed by atoms with Gasteiger partial charge in [0.2, 0.25) is 0 Å². The van der Waals surface area contributed by atoms with E-state index in [2.05, 4.69) is 0 Å². The Morgan fingerprint density at radius 2 is 1.59 bits per heavy atom. The van der Waals surface area contributed by atoms with Crippen LogP contribution in [-0.4, -0.2) is 10.9 Å². The molecule has 0 aliphatic rings. The van der Waals surface area contributed by atoms with Gasteiger partial charge in [0, 0.05) is 36.1 Å². The van der Waals surface area contributed by atoms with Crippen LogP contribution in [-0.2, 0) is 4.79 Å². The molecule has 0 aliphatic heterocycles. The molecule has 0 aliphatic carbocycles. The van der Waals surface area contributed by atoms with Crippen LogP contribution in [0.25, 0.3) is 33.2 Å². The number of aryl methyl sites for hydroxylation is 2. The first-order valence-corrected chi connectivity index (χ1v) is 9.86. The summed E-state index contributed by atoms with van der Waals surface area (Å²) >= 11 is 0. The molecule has 0 saturated heterocycles. The summed E-state index contributed by atoms with van der Waals surface area (Å²) in [6.07, 6.45) is 0. The number of benzene rings is 3. The van der Waals surface area contributed by atoms with Gasteiger partial charge in [-0.25, -0.2) is 4.79 Å². The minimum absolute atomic E-state index is 0.0501. The van der Waals surface area contributed by atoms with E-state index in [1.807, 2.05) is 32.0 Å². The first-order chi connectivity index (χ1) is 15.2. The van der Waals surface area contributed by atoms with Gasteiger partial charge in [0.05, 0.1) is 10.5 Å². The number of fused-ring (bicyclic) bond motifs is 1. The van der Waals surface area contributed by atoms with Crippen molar-refractivity contribution in [1.29, 1.82) is 0 Å². The van der Waals surface area contributed by atoms with Gasteiger partial charge in [-0.1, -0.05) is 18.2 Å². The molecule has 4 rings (SSSR count). The molecule has 160 valence electrons. The number of esters is 1. The normalized spacial score (nSPS) is 10.8. The highest BCUT2D eigenvalue weighted by molar-refractivity contribution is 6.01. The van der Waals surface area contributed by atoms with Crippen LogP contribution in [0.15, 0.2) is 69.9 Å². The number of hydrogen-bond acceptors (Lipinski definition) is 6. The SMILES string of the molecule is CC(=O)Oc1ccc2c(-c3ccc([N+](=O)[O-])cc3)c(-c3ccc(C)c(C)c3)c(=O)oc2c1. The average molecular weight is 429 g/mol. The van der Waals surface area contributed by atoms with E-state index in [9.17, 15) is 19.7 Å². The highest BCUT2D eigenvalue weighted by Gasteiger charge is 2.20. The second kappa shape index (κ2) is 8.11. The van der Waals surface area contributed by atoms with E-state index in [1.165, 1.54) is 25.1 Å². The van der Waals surface area contributed by atoms with Gasteiger partial charge >= 0.3 is 11.6 Å². The van der Waals surface area contributed by atoms with Crippen molar-refractivity contribution in [3.63, 3.8) is 0 Å². The van der Waals surface area contributed by atoms with Gasteiger partial charge in [-0.3, -0.25) is 14.9 Å². The zero-order valence-electron chi connectivity index (χ0n) is 17.7. The molecular weight excluding hydrogens is 410 g/mol. The molecule has 3 aromatic carbocycles. The first kappa shape index (κ1) is 21.0. The monoisotopic (exact) mass is 429 g/mol. The Bertz CT molecular complexity index is 1430. The number of nitrogens with zero attached hydrogens (tertiary/aromatic N) is 1. The second-order valence-electron chi connectivity index (χ2n) is 7.49. The molecule has 0 radical (unpaired) electrons. The predicted molar refractivity (Wildman–Crippen MR) is 121 cm³/mol. The van der Waals surface area contributed by atoms with E-state index in [4.69, 9.17) is 9.15 Å². The van der Waals surface area contributed by atoms with E-state index in [1.54, 1.807) is 24.3 Å².